The SMILES string of the molecule is CC(C)COCCCNC(=O)c1c(O)cc(F)cc1F. The Hall–Kier alpha value is -1.69. The van der Waals surface area contributed by atoms with Crippen LogP contribution in [0, 0.1) is 17.6 Å². The van der Waals surface area contributed by atoms with E-state index in [4.69, 9.17) is 4.74 Å². The number of rotatable bonds is 7. The molecule has 0 fully saturated rings. The van der Waals surface area contributed by atoms with Gasteiger partial charge < -0.3 is 15.2 Å². The molecule has 0 spiro atoms. The quantitative estimate of drug-likeness (QED) is 0.757. The third-order valence-electron chi connectivity index (χ3n) is 2.46. The van der Waals surface area contributed by atoms with E-state index in [1.165, 1.54) is 0 Å². The Morgan fingerprint density at radius 1 is 1.40 bits per heavy atom. The molecular formula is C14H19F2NO3. The Labute approximate surface area is 116 Å². The molecule has 0 saturated heterocycles. The van der Waals surface area contributed by atoms with Gasteiger partial charge in [-0.15, -0.1) is 0 Å². The number of nitrogens with one attached hydrogen (secondary N) is 1. The first-order valence-corrected chi connectivity index (χ1v) is 6.45. The lowest BCUT2D eigenvalue weighted by molar-refractivity contribution is 0.0919. The molecular weight excluding hydrogens is 268 g/mol. The van der Waals surface area contributed by atoms with E-state index in [2.05, 4.69) is 5.32 Å². The van der Waals surface area contributed by atoms with Crippen molar-refractivity contribution in [3.8, 4) is 5.75 Å². The Morgan fingerprint density at radius 3 is 2.70 bits per heavy atom. The predicted octanol–water partition coefficient (Wildman–Crippen LogP) is 2.46. The molecule has 0 aliphatic rings. The molecule has 0 saturated carbocycles. The van der Waals surface area contributed by atoms with Crippen molar-refractivity contribution in [3.05, 3.63) is 29.3 Å². The predicted molar refractivity (Wildman–Crippen MR) is 70.6 cm³/mol. The minimum absolute atomic E-state index is 0.285. The maximum absolute atomic E-state index is 13.4. The van der Waals surface area contributed by atoms with Gasteiger partial charge in [-0.1, -0.05) is 13.8 Å². The van der Waals surface area contributed by atoms with E-state index >= 15 is 0 Å². The van der Waals surface area contributed by atoms with E-state index in [0.29, 0.717) is 37.7 Å². The smallest absolute Gasteiger partial charge is 0.258 e. The standard InChI is InChI=1S/C14H19F2NO3/c1-9(2)8-20-5-3-4-17-14(19)13-11(16)6-10(15)7-12(13)18/h6-7,9,18H,3-5,8H2,1-2H3,(H,17,19). The van der Waals surface area contributed by atoms with E-state index in [-0.39, 0.29) is 6.54 Å². The highest BCUT2D eigenvalue weighted by atomic mass is 19.1. The van der Waals surface area contributed by atoms with Crippen LogP contribution in [0.4, 0.5) is 8.78 Å². The summed E-state index contributed by atoms with van der Waals surface area (Å²) in [6.07, 6.45) is 0.571. The first-order chi connectivity index (χ1) is 9.41. The van der Waals surface area contributed by atoms with Crippen molar-refractivity contribution in [2.24, 2.45) is 5.92 Å². The summed E-state index contributed by atoms with van der Waals surface area (Å²) < 4.78 is 31.5. The summed E-state index contributed by atoms with van der Waals surface area (Å²) in [6.45, 7) is 5.47. The number of benzene rings is 1. The van der Waals surface area contributed by atoms with Crippen molar-refractivity contribution >= 4 is 5.91 Å². The number of halogens is 2. The highest BCUT2D eigenvalue weighted by Crippen LogP contribution is 2.21. The first kappa shape index (κ1) is 16.4. The van der Waals surface area contributed by atoms with E-state index < -0.39 is 28.9 Å². The second kappa shape index (κ2) is 7.79. The largest absolute Gasteiger partial charge is 0.507 e. The summed E-state index contributed by atoms with van der Waals surface area (Å²) in [4.78, 5) is 11.7. The maximum Gasteiger partial charge on any atom is 0.258 e. The number of hydrogen-bond acceptors (Lipinski definition) is 3. The number of carbonyl (C=O) groups excluding carboxylic acids is 1. The van der Waals surface area contributed by atoms with Crippen LogP contribution in [0.25, 0.3) is 0 Å². The number of carbonyl (C=O) groups is 1. The molecule has 4 nitrogen and oxygen atoms in total. The van der Waals surface area contributed by atoms with Crippen molar-refractivity contribution < 1.29 is 23.4 Å². The van der Waals surface area contributed by atoms with Crippen LogP contribution in [0.2, 0.25) is 0 Å². The maximum atomic E-state index is 13.4. The summed E-state index contributed by atoms with van der Waals surface area (Å²) in [5.41, 5.74) is -0.547. The summed E-state index contributed by atoms with van der Waals surface area (Å²) in [5, 5.41) is 11.8. The molecule has 0 atom stereocenters. The summed E-state index contributed by atoms with van der Waals surface area (Å²) in [5.74, 6) is -3.07. The van der Waals surface area contributed by atoms with Crippen molar-refractivity contribution in [1.29, 1.82) is 0 Å². The van der Waals surface area contributed by atoms with Gasteiger partial charge in [0.25, 0.3) is 5.91 Å². The molecule has 6 heteroatoms. The van der Waals surface area contributed by atoms with E-state index in [1.807, 2.05) is 13.8 Å². The molecule has 0 aliphatic carbocycles. The molecule has 112 valence electrons. The van der Waals surface area contributed by atoms with Gasteiger partial charge >= 0.3 is 0 Å². The van der Waals surface area contributed by atoms with E-state index in [0.717, 1.165) is 0 Å². The Bertz CT molecular complexity index is 441. The van der Waals surface area contributed by atoms with Gasteiger partial charge in [-0.05, 0) is 12.3 Å². The average molecular weight is 287 g/mol. The van der Waals surface area contributed by atoms with Gasteiger partial charge in [-0.3, -0.25) is 4.79 Å². The van der Waals surface area contributed by atoms with Crippen molar-refractivity contribution in [2.45, 2.75) is 20.3 Å². The molecule has 0 bridgehead atoms. The van der Waals surface area contributed by atoms with Gasteiger partial charge in [0.15, 0.2) is 0 Å². The van der Waals surface area contributed by atoms with Crippen LogP contribution in [0.15, 0.2) is 12.1 Å². The van der Waals surface area contributed by atoms with Crippen LogP contribution < -0.4 is 5.32 Å². The number of hydrogen-bond donors (Lipinski definition) is 2. The fourth-order valence-electron chi connectivity index (χ4n) is 1.57. The van der Waals surface area contributed by atoms with Crippen LogP contribution in [0.3, 0.4) is 0 Å². The number of amides is 1. The van der Waals surface area contributed by atoms with Crippen molar-refractivity contribution in [2.75, 3.05) is 19.8 Å². The van der Waals surface area contributed by atoms with E-state index in [1.54, 1.807) is 0 Å². The molecule has 0 heterocycles. The van der Waals surface area contributed by atoms with Gasteiger partial charge in [0.05, 0.1) is 0 Å². The van der Waals surface area contributed by atoms with Crippen LogP contribution >= 0.6 is 0 Å². The fourth-order valence-corrected chi connectivity index (χ4v) is 1.57. The molecule has 0 radical (unpaired) electrons. The number of phenolic OH excluding ortho intramolecular Hbond substituents is 1. The number of aromatic hydroxyl groups is 1. The fraction of sp³-hybridized carbons (Fsp3) is 0.500. The zero-order chi connectivity index (χ0) is 15.1. The molecule has 0 unspecified atom stereocenters. The molecule has 1 aromatic rings. The normalized spacial score (nSPS) is 10.8. The lowest BCUT2D eigenvalue weighted by Crippen LogP contribution is -2.26. The van der Waals surface area contributed by atoms with Gasteiger partial charge in [-0.25, -0.2) is 8.78 Å². The van der Waals surface area contributed by atoms with Gasteiger partial charge in [0.1, 0.15) is 22.9 Å². The summed E-state index contributed by atoms with van der Waals surface area (Å²) >= 11 is 0. The zero-order valence-corrected chi connectivity index (χ0v) is 11.6. The lowest BCUT2D eigenvalue weighted by Gasteiger charge is -2.09. The highest BCUT2D eigenvalue weighted by molar-refractivity contribution is 5.97. The minimum Gasteiger partial charge on any atom is -0.507 e. The minimum atomic E-state index is -1.09. The van der Waals surface area contributed by atoms with Crippen molar-refractivity contribution in [1.82, 2.24) is 5.32 Å². The molecule has 1 amide bonds. The molecule has 1 rings (SSSR count). The van der Waals surface area contributed by atoms with Crippen LogP contribution in [-0.4, -0.2) is 30.8 Å². The monoisotopic (exact) mass is 287 g/mol. The van der Waals surface area contributed by atoms with Crippen LogP contribution in [-0.2, 0) is 4.74 Å². The third kappa shape index (κ3) is 5.13. The second-order valence-electron chi connectivity index (χ2n) is 4.86. The van der Waals surface area contributed by atoms with Crippen LogP contribution in [0.5, 0.6) is 5.75 Å². The molecule has 1 aromatic carbocycles. The number of phenols is 1. The van der Waals surface area contributed by atoms with Gasteiger partial charge in [0, 0.05) is 31.9 Å². The Morgan fingerprint density at radius 2 is 2.10 bits per heavy atom. The first-order valence-electron chi connectivity index (χ1n) is 6.45. The third-order valence-corrected chi connectivity index (χ3v) is 2.46. The molecule has 20 heavy (non-hydrogen) atoms. The average Bonchev–Trinajstić information content (AvgIpc) is 2.31. The topological polar surface area (TPSA) is 58.6 Å². The van der Waals surface area contributed by atoms with E-state index in [9.17, 15) is 18.7 Å². The Balaban J connectivity index is 2.40. The van der Waals surface area contributed by atoms with Gasteiger partial charge in [-0.2, -0.15) is 0 Å². The summed E-state index contributed by atoms with van der Waals surface area (Å²) in [7, 11) is 0. The number of ether oxygens (including phenoxy) is 1. The van der Waals surface area contributed by atoms with Crippen LogP contribution in [0.1, 0.15) is 30.6 Å². The summed E-state index contributed by atoms with van der Waals surface area (Å²) in [6, 6.07) is 1.25. The molecule has 2 N–H and O–H groups in total. The van der Waals surface area contributed by atoms with Crippen molar-refractivity contribution in [3.63, 3.8) is 0 Å². The highest BCUT2D eigenvalue weighted by Gasteiger charge is 2.17. The Kier molecular flexibility index (Phi) is 6.38. The zero-order valence-electron chi connectivity index (χ0n) is 11.6. The van der Waals surface area contributed by atoms with Gasteiger partial charge in [0.2, 0.25) is 0 Å². The molecule has 0 aliphatic heterocycles. The molecule has 0 aromatic heterocycles. The second-order valence-corrected chi connectivity index (χ2v) is 4.86. The lowest BCUT2D eigenvalue weighted by atomic mass is 10.1.